The number of hydrogen-bond donors (Lipinski definition) is 2. The molecule has 0 aromatic heterocycles. The van der Waals surface area contributed by atoms with Crippen molar-refractivity contribution < 1.29 is 13.2 Å². The van der Waals surface area contributed by atoms with Crippen LogP contribution in [0.5, 0.6) is 0 Å². The van der Waals surface area contributed by atoms with E-state index in [1.807, 2.05) is 4.90 Å². The van der Waals surface area contributed by atoms with Crippen molar-refractivity contribution in [3.63, 3.8) is 0 Å². The van der Waals surface area contributed by atoms with Gasteiger partial charge >= 0.3 is 6.18 Å². The molecule has 4 N–H and O–H groups in total. The molecule has 0 unspecified atom stereocenters. The van der Waals surface area contributed by atoms with Crippen molar-refractivity contribution in [3.8, 4) is 0 Å². The van der Waals surface area contributed by atoms with Gasteiger partial charge in [0.1, 0.15) is 0 Å². The number of likely N-dealkylation sites (tertiary alicyclic amines) is 1. The molecule has 0 aliphatic carbocycles. The number of benzene rings is 1. The van der Waals surface area contributed by atoms with E-state index in [0.29, 0.717) is 0 Å². The van der Waals surface area contributed by atoms with Crippen LogP contribution in [-0.4, -0.2) is 29.9 Å². The van der Waals surface area contributed by atoms with E-state index in [9.17, 15) is 13.2 Å². The number of rotatable bonds is 1. The lowest BCUT2D eigenvalue weighted by molar-refractivity contribution is -0.137. The minimum atomic E-state index is -4.42. The lowest BCUT2D eigenvalue weighted by Gasteiger charge is -2.27. The fourth-order valence-electron chi connectivity index (χ4n) is 2.22. The maximum absolute atomic E-state index is 12.6. The summed E-state index contributed by atoms with van der Waals surface area (Å²) in [4.78, 5) is 9.71. The van der Waals surface area contributed by atoms with Crippen LogP contribution < -0.4 is 11.5 Å². The zero-order valence-electron chi connectivity index (χ0n) is 12.0. The lowest BCUT2D eigenvalue weighted by atomic mass is 10.1. The van der Waals surface area contributed by atoms with E-state index >= 15 is 0 Å². The molecule has 1 saturated heterocycles. The molecule has 0 atom stereocenters. The summed E-state index contributed by atoms with van der Waals surface area (Å²) >= 11 is 0. The highest BCUT2D eigenvalue weighted by molar-refractivity contribution is 5.94. The summed E-state index contributed by atoms with van der Waals surface area (Å²) in [6.07, 6.45) is -1.21. The van der Waals surface area contributed by atoms with Gasteiger partial charge in [0.2, 0.25) is 5.96 Å². The number of nitrogens with two attached hydrogens (primary N) is 2. The average molecular weight is 313 g/mol. The highest BCUT2D eigenvalue weighted by Gasteiger charge is 2.30. The lowest BCUT2D eigenvalue weighted by Crippen LogP contribution is -2.41. The van der Waals surface area contributed by atoms with Crippen LogP contribution in [0.1, 0.15) is 24.8 Å². The van der Waals surface area contributed by atoms with Crippen LogP contribution >= 0.6 is 0 Å². The second-order valence-electron chi connectivity index (χ2n) is 5.04. The Hall–Kier alpha value is -2.25. The average Bonchev–Trinajstić information content (AvgIpc) is 2.47. The van der Waals surface area contributed by atoms with Crippen molar-refractivity contribution in [2.24, 2.45) is 21.5 Å². The van der Waals surface area contributed by atoms with Crippen LogP contribution in [0.25, 0.3) is 0 Å². The first kappa shape index (κ1) is 16.1. The SMILES string of the molecule is NC(=Nc1cccc(C(F)(F)F)c1)N=C(N)N1CCCCC1. The van der Waals surface area contributed by atoms with Crippen LogP contribution in [-0.2, 0) is 6.18 Å². The monoisotopic (exact) mass is 313 g/mol. The maximum atomic E-state index is 12.6. The number of hydrogen-bond acceptors (Lipinski definition) is 1. The zero-order chi connectivity index (χ0) is 16.2. The highest BCUT2D eigenvalue weighted by Crippen LogP contribution is 2.31. The quantitative estimate of drug-likeness (QED) is 0.617. The molecule has 1 fully saturated rings. The summed E-state index contributed by atoms with van der Waals surface area (Å²) in [7, 11) is 0. The Kier molecular flexibility index (Phi) is 4.89. The van der Waals surface area contributed by atoms with Crippen LogP contribution in [0.3, 0.4) is 0 Å². The van der Waals surface area contributed by atoms with Gasteiger partial charge in [0.15, 0.2) is 5.96 Å². The summed E-state index contributed by atoms with van der Waals surface area (Å²) in [5.74, 6) is 0.0790. The molecule has 22 heavy (non-hydrogen) atoms. The van der Waals surface area contributed by atoms with E-state index in [2.05, 4.69) is 9.98 Å². The topological polar surface area (TPSA) is 80.0 Å². The Balaban J connectivity index is 2.14. The minimum Gasteiger partial charge on any atom is -0.369 e. The number of aliphatic imine (C=N–C) groups is 2. The molecule has 5 nitrogen and oxygen atoms in total. The molecule has 1 aliphatic heterocycles. The number of guanidine groups is 2. The molecule has 0 amide bonds. The number of piperidine rings is 1. The second kappa shape index (κ2) is 6.67. The van der Waals surface area contributed by atoms with Gasteiger partial charge in [-0.15, -0.1) is 0 Å². The molecule has 1 aromatic rings. The van der Waals surface area contributed by atoms with Gasteiger partial charge in [0.25, 0.3) is 0 Å². The molecule has 2 rings (SSSR count). The van der Waals surface area contributed by atoms with Crippen LogP contribution in [0.4, 0.5) is 18.9 Å². The van der Waals surface area contributed by atoms with Crippen molar-refractivity contribution in [2.75, 3.05) is 13.1 Å². The van der Waals surface area contributed by atoms with Gasteiger partial charge in [-0.3, -0.25) is 0 Å². The van der Waals surface area contributed by atoms with E-state index in [0.717, 1.165) is 44.5 Å². The third-order valence-corrected chi connectivity index (χ3v) is 3.33. The van der Waals surface area contributed by atoms with Gasteiger partial charge < -0.3 is 16.4 Å². The van der Waals surface area contributed by atoms with Crippen molar-refractivity contribution in [1.82, 2.24) is 4.90 Å². The molecule has 0 spiro atoms. The van der Waals surface area contributed by atoms with Crippen molar-refractivity contribution in [3.05, 3.63) is 29.8 Å². The van der Waals surface area contributed by atoms with E-state index < -0.39 is 11.7 Å². The third-order valence-electron chi connectivity index (χ3n) is 3.33. The van der Waals surface area contributed by atoms with Crippen LogP contribution in [0.2, 0.25) is 0 Å². The predicted molar refractivity (Wildman–Crippen MR) is 79.8 cm³/mol. The maximum Gasteiger partial charge on any atom is 0.416 e. The molecule has 8 heteroatoms. The Labute approximate surface area is 126 Å². The molecule has 0 radical (unpaired) electrons. The summed E-state index contributed by atoms with van der Waals surface area (Å²) in [6, 6.07) is 4.58. The molecule has 1 aromatic carbocycles. The van der Waals surface area contributed by atoms with Gasteiger partial charge in [-0.05, 0) is 37.5 Å². The van der Waals surface area contributed by atoms with Gasteiger partial charge in [-0.1, -0.05) is 6.07 Å². The Morgan fingerprint density at radius 2 is 1.77 bits per heavy atom. The van der Waals surface area contributed by atoms with Gasteiger partial charge in [0, 0.05) is 13.1 Å². The van der Waals surface area contributed by atoms with E-state index in [4.69, 9.17) is 11.5 Å². The Bertz CT molecular complexity index is 574. The largest absolute Gasteiger partial charge is 0.416 e. The summed E-state index contributed by atoms with van der Waals surface area (Å²) < 4.78 is 37.9. The highest BCUT2D eigenvalue weighted by atomic mass is 19.4. The Morgan fingerprint density at radius 3 is 2.41 bits per heavy atom. The standard InChI is InChI=1S/C14H18F3N5/c15-14(16,17)10-5-4-6-11(9-10)20-12(18)21-13(19)22-7-2-1-3-8-22/h4-6,9H,1-3,7-8H2,(H4,18,19,20,21). The number of nitrogens with zero attached hydrogens (tertiary/aromatic N) is 3. The normalized spacial score (nSPS) is 17.7. The van der Waals surface area contributed by atoms with Crippen molar-refractivity contribution in [2.45, 2.75) is 25.4 Å². The summed E-state index contributed by atoms with van der Waals surface area (Å²) in [5.41, 5.74) is 10.8. The smallest absolute Gasteiger partial charge is 0.369 e. The van der Waals surface area contributed by atoms with E-state index in [-0.39, 0.29) is 17.6 Å². The first-order valence-electron chi connectivity index (χ1n) is 6.97. The molecular weight excluding hydrogens is 295 g/mol. The first-order chi connectivity index (χ1) is 10.4. The van der Waals surface area contributed by atoms with Gasteiger partial charge in [-0.2, -0.15) is 18.2 Å². The van der Waals surface area contributed by atoms with Crippen molar-refractivity contribution >= 4 is 17.6 Å². The van der Waals surface area contributed by atoms with Crippen LogP contribution in [0, 0.1) is 0 Å². The number of halogens is 3. The first-order valence-corrected chi connectivity index (χ1v) is 6.97. The second-order valence-corrected chi connectivity index (χ2v) is 5.04. The zero-order valence-corrected chi connectivity index (χ0v) is 12.0. The number of alkyl halides is 3. The van der Waals surface area contributed by atoms with E-state index in [1.165, 1.54) is 12.1 Å². The molecule has 120 valence electrons. The third kappa shape index (κ3) is 4.37. The molecular formula is C14H18F3N5. The van der Waals surface area contributed by atoms with E-state index in [1.54, 1.807) is 0 Å². The fourth-order valence-corrected chi connectivity index (χ4v) is 2.22. The molecule has 1 aliphatic rings. The predicted octanol–water partition coefficient (Wildman–Crippen LogP) is 2.45. The van der Waals surface area contributed by atoms with Gasteiger partial charge in [0.05, 0.1) is 11.3 Å². The molecule has 0 bridgehead atoms. The Morgan fingerprint density at radius 1 is 1.09 bits per heavy atom. The molecule has 1 heterocycles. The van der Waals surface area contributed by atoms with Crippen molar-refractivity contribution in [1.29, 1.82) is 0 Å². The van der Waals surface area contributed by atoms with Gasteiger partial charge in [-0.25, -0.2) is 4.99 Å². The minimum absolute atomic E-state index is 0.0857. The van der Waals surface area contributed by atoms with Crippen LogP contribution in [0.15, 0.2) is 34.3 Å². The fraction of sp³-hybridized carbons (Fsp3) is 0.429. The summed E-state index contributed by atoms with van der Waals surface area (Å²) in [5, 5.41) is 0. The molecule has 0 saturated carbocycles. The summed E-state index contributed by atoms with van der Waals surface area (Å²) in [6.45, 7) is 1.60.